The van der Waals surface area contributed by atoms with Crippen LogP contribution in [0.15, 0.2) is 23.6 Å². The maximum absolute atomic E-state index is 11.2. The molecule has 0 aliphatic carbocycles. The fourth-order valence-electron chi connectivity index (χ4n) is 1.35. The van der Waals surface area contributed by atoms with Crippen LogP contribution in [0.5, 0.6) is 0 Å². The van der Waals surface area contributed by atoms with Crippen LogP contribution < -0.4 is 0 Å². The van der Waals surface area contributed by atoms with E-state index >= 15 is 0 Å². The SMILES string of the molecule is O=S1(=O)CC[C@@H](Sc2ncccn2)C1. The number of hydrogen-bond donors (Lipinski definition) is 0. The summed E-state index contributed by atoms with van der Waals surface area (Å²) in [6.45, 7) is 0. The van der Waals surface area contributed by atoms with E-state index in [2.05, 4.69) is 9.97 Å². The lowest BCUT2D eigenvalue weighted by molar-refractivity contribution is 0.602. The van der Waals surface area contributed by atoms with Gasteiger partial charge in [-0.3, -0.25) is 0 Å². The maximum atomic E-state index is 11.2. The van der Waals surface area contributed by atoms with Gasteiger partial charge in [-0.2, -0.15) is 0 Å². The van der Waals surface area contributed by atoms with E-state index in [9.17, 15) is 8.42 Å². The van der Waals surface area contributed by atoms with Gasteiger partial charge in [0.05, 0.1) is 11.5 Å². The second-order valence-corrected chi connectivity index (χ2v) is 6.67. The van der Waals surface area contributed by atoms with Gasteiger partial charge in [0, 0.05) is 17.6 Å². The van der Waals surface area contributed by atoms with Crippen molar-refractivity contribution in [2.45, 2.75) is 16.8 Å². The lowest BCUT2D eigenvalue weighted by Gasteiger charge is -2.03. The van der Waals surface area contributed by atoms with Crippen LogP contribution >= 0.6 is 11.8 Å². The first kappa shape index (κ1) is 9.92. The van der Waals surface area contributed by atoms with Crippen LogP contribution in [0.3, 0.4) is 0 Å². The molecule has 1 aromatic heterocycles. The molecule has 1 fully saturated rings. The van der Waals surface area contributed by atoms with Gasteiger partial charge in [-0.05, 0) is 12.5 Å². The molecule has 1 aromatic rings. The van der Waals surface area contributed by atoms with Crippen molar-refractivity contribution in [3.05, 3.63) is 18.5 Å². The predicted octanol–water partition coefficient (Wildman–Crippen LogP) is 0.756. The molecule has 0 saturated carbocycles. The molecule has 6 heteroatoms. The Hall–Kier alpha value is -0.620. The third kappa shape index (κ3) is 2.45. The van der Waals surface area contributed by atoms with Crippen molar-refractivity contribution in [1.29, 1.82) is 0 Å². The molecule has 0 N–H and O–H groups in total. The summed E-state index contributed by atoms with van der Waals surface area (Å²) in [4.78, 5) is 8.09. The molecule has 1 atom stereocenters. The first-order valence-corrected chi connectivity index (χ1v) is 7.00. The summed E-state index contributed by atoms with van der Waals surface area (Å²) in [6, 6.07) is 1.75. The number of rotatable bonds is 2. The molecule has 0 unspecified atom stereocenters. The highest BCUT2D eigenvalue weighted by Crippen LogP contribution is 2.28. The molecule has 2 heterocycles. The van der Waals surface area contributed by atoms with E-state index in [1.54, 1.807) is 18.5 Å². The number of sulfone groups is 1. The molecule has 1 aliphatic rings. The van der Waals surface area contributed by atoms with Gasteiger partial charge >= 0.3 is 0 Å². The Morgan fingerprint density at radius 2 is 2.07 bits per heavy atom. The molecule has 1 aliphatic heterocycles. The Morgan fingerprint density at radius 1 is 1.36 bits per heavy atom. The lowest BCUT2D eigenvalue weighted by atomic mass is 10.4. The van der Waals surface area contributed by atoms with Crippen LogP contribution in [-0.4, -0.2) is 35.1 Å². The molecule has 1 saturated heterocycles. The highest BCUT2D eigenvalue weighted by Gasteiger charge is 2.29. The number of hydrogen-bond acceptors (Lipinski definition) is 5. The molecule has 14 heavy (non-hydrogen) atoms. The molecule has 0 amide bonds. The zero-order chi connectivity index (χ0) is 10.0. The Balaban J connectivity index is 2.01. The zero-order valence-corrected chi connectivity index (χ0v) is 9.09. The summed E-state index contributed by atoms with van der Waals surface area (Å²) in [6.07, 6.45) is 4.04. The molecule has 0 bridgehead atoms. The largest absolute Gasteiger partial charge is 0.231 e. The van der Waals surface area contributed by atoms with Gasteiger partial charge in [0.1, 0.15) is 0 Å². The Kier molecular flexibility index (Phi) is 2.73. The first-order valence-electron chi connectivity index (χ1n) is 4.30. The smallest absolute Gasteiger partial charge is 0.187 e. The van der Waals surface area contributed by atoms with Crippen LogP contribution in [0.25, 0.3) is 0 Å². The van der Waals surface area contributed by atoms with Crippen LogP contribution in [0, 0.1) is 0 Å². The summed E-state index contributed by atoms with van der Waals surface area (Å²) in [5, 5.41) is 0.789. The molecule has 4 nitrogen and oxygen atoms in total. The van der Waals surface area contributed by atoms with Crippen molar-refractivity contribution in [2.75, 3.05) is 11.5 Å². The van der Waals surface area contributed by atoms with Crippen LogP contribution in [0.4, 0.5) is 0 Å². The third-order valence-electron chi connectivity index (χ3n) is 2.00. The summed E-state index contributed by atoms with van der Waals surface area (Å²) in [7, 11) is -2.79. The predicted molar refractivity (Wildman–Crippen MR) is 54.9 cm³/mol. The van der Waals surface area contributed by atoms with Crippen molar-refractivity contribution in [2.24, 2.45) is 0 Å². The first-order chi connectivity index (χ1) is 6.66. The lowest BCUT2D eigenvalue weighted by Crippen LogP contribution is -2.06. The summed E-state index contributed by atoms with van der Waals surface area (Å²) in [5.74, 6) is 0.563. The van der Waals surface area contributed by atoms with Gasteiger partial charge in [-0.25, -0.2) is 18.4 Å². The van der Waals surface area contributed by atoms with Gasteiger partial charge in [0.2, 0.25) is 0 Å². The van der Waals surface area contributed by atoms with E-state index in [0.29, 0.717) is 17.3 Å². The molecule has 0 aromatic carbocycles. The van der Waals surface area contributed by atoms with E-state index in [4.69, 9.17) is 0 Å². The summed E-state index contributed by atoms with van der Waals surface area (Å²) in [5.41, 5.74) is 0. The number of aromatic nitrogens is 2. The van der Waals surface area contributed by atoms with Crippen molar-refractivity contribution < 1.29 is 8.42 Å². The normalized spacial score (nSPS) is 25.0. The minimum atomic E-state index is -2.79. The molecule has 0 radical (unpaired) electrons. The Labute approximate surface area is 87.1 Å². The van der Waals surface area contributed by atoms with E-state index in [0.717, 1.165) is 0 Å². The molecule has 76 valence electrons. The number of thioether (sulfide) groups is 1. The van der Waals surface area contributed by atoms with Gasteiger partial charge in [0.15, 0.2) is 15.0 Å². The van der Waals surface area contributed by atoms with Crippen molar-refractivity contribution >= 4 is 21.6 Å². The van der Waals surface area contributed by atoms with E-state index in [1.165, 1.54) is 11.8 Å². The van der Waals surface area contributed by atoms with Gasteiger partial charge < -0.3 is 0 Å². The quantitative estimate of drug-likeness (QED) is 0.702. The van der Waals surface area contributed by atoms with Crippen LogP contribution in [0.1, 0.15) is 6.42 Å². The summed E-state index contributed by atoms with van der Waals surface area (Å²) >= 11 is 1.45. The maximum Gasteiger partial charge on any atom is 0.187 e. The highest BCUT2D eigenvalue weighted by atomic mass is 32.2. The van der Waals surface area contributed by atoms with E-state index in [-0.39, 0.29) is 11.0 Å². The average molecular weight is 230 g/mol. The van der Waals surface area contributed by atoms with Gasteiger partial charge in [0.25, 0.3) is 0 Å². The minimum Gasteiger partial charge on any atom is -0.231 e. The van der Waals surface area contributed by atoms with Gasteiger partial charge in [-0.15, -0.1) is 0 Å². The van der Waals surface area contributed by atoms with E-state index < -0.39 is 9.84 Å². The van der Waals surface area contributed by atoms with Crippen molar-refractivity contribution in [1.82, 2.24) is 9.97 Å². The zero-order valence-electron chi connectivity index (χ0n) is 7.46. The highest BCUT2D eigenvalue weighted by molar-refractivity contribution is 8.01. The summed E-state index contributed by atoms with van der Waals surface area (Å²) < 4.78 is 22.4. The van der Waals surface area contributed by atoms with Crippen LogP contribution in [-0.2, 0) is 9.84 Å². The molecular weight excluding hydrogens is 220 g/mol. The molecule has 2 rings (SSSR count). The Morgan fingerprint density at radius 3 is 2.64 bits per heavy atom. The Bertz CT molecular complexity index is 405. The third-order valence-corrected chi connectivity index (χ3v) is 5.14. The van der Waals surface area contributed by atoms with Crippen LogP contribution in [0.2, 0.25) is 0 Å². The fourth-order valence-corrected chi connectivity index (χ4v) is 4.71. The minimum absolute atomic E-state index is 0.127. The molecular formula is C8H10N2O2S2. The molecule has 0 spiro atoms. The topological polar surface area (TPSA) is 59.9 Å². The second kappa shape index (κ2) is 3.86. The monoisotopic (exact) mass is 230 g/mol. The average Bonchev–Trinajstić information content (AvgIpc) is 2.47. The van der Waals surface area contributed by atoms with Crippen molar-refractivity contribution in [3.8, 4) is 0 Å². The van der Waals surface area contributed by atoms with Crippen molar-refractivity contribution in [3.63, 3.8) is 0 Å². The number of nitrogens with zero attached hydrogens (tertiary/aromatic N) is 2. The fraction of sp³-hybridized carbons (Fsp3) is 0.500. The second-order valence-electron chi connectivity index (χ2n) is 3.17. The van der Waals surface area contributed by atoms with Gasteiger partial charge in [-0.1, -0.05) is 11.8 Å². The van der Waals surface area contributed by atoms with E-state index in [1.807, 2.05) is 0 Å². The standard InChI is InChI=1S/C8H10N2O2S2/c11-14(12)5-2-7(6-14)13-8-9-3-1-4-10-8/h1,3-4,7H,2,5-6H2/t7-/m1/s1.